The molecule has 0 saturated carbocycles. The third-order valence-corrected chi connectivity index (χ3v) is 6.54. The van der Waals surface area contributed by atoms with E-state index in [4.69, 9.17) is 23.7 Å². The average molecular weight is 487 g/mol. The van der Waals surface area contributed by atoms with Gasteiger partial charge < -0.3 is 23.7 Å². The van der Waals surface area contributed by atoms with Crippen molar-refractivity contribution in [2.45, 2.75) is 25.7 Å². The van der Waals surface area contributed by atoms with Crippen LogP contribution >= 0.6 is 0 Å². The molecule has 2 aliphatic rings. The Bertz CT molecular complexity index is 1340. The molecule has 0 N–H and O–H groups in total. The lowest BCUT2D eigenvalue weighted by Crippen LogP contribution is -2.18. The first kappa shape index (κ1) is 23.5. The van der Waals surface area contributed by atoms with Gasteiger partial charge in [-0.15, -0.1) is 0 Å². The zero-order valence-electron chi connectivity index (χ0n) is 20.3. The van der Waals surface area contributed by atoms with Crippen molar-refractivity contribution in [3.05, 3.63) is 94.2 Å². The molecule has 0 aliphatic carbocycles. The van der Waals surface area contributed by atoms with E-state index in [1.54, 1.807) is 26.2 Å². The van der Waals surface area contributed by atoms with Crippen molar-refractivity contribution in [1.29, 1.82) is 0 Å². The molecule has 0 radical (unpaired) electrons. The van der Waals surface area contributed by atoms with Crippen LogP contribution in [0.25, 0.3) is 0 Å². The maximum absolute atomic E-state index is 12.8. The molecule has 2 aliphatic heterocycles. The van der Waals surface area contributed by atoms with Crippen LogP contribution in [0.2, 0.25) is 0 Å². The lowest BCUT2D eigenvalue weighted by Gasteiger charge is -2.30. The first-order valence-corrected chi connectivity index (χ1v) is 11.6. The Labute approximate surface area is 209 Å². The third kappa shape index (κ3) is 4.52. The highest BCUT2D eigenvalue weighted by atomic mass is 16.7. The van der Waals surface area contributed by atoms with Crippen molar-refractivity contribution in [1.82, 2.24) is 0 Å². The molecule has 5 rings (SSSR count). The van der Waals surface area contributed by atoms with Crippen molar-refractivity contribution < 1.29 is 33.3 Å². The molecule has 0 aromatic heterocycles. The fraction of sp³-hybridized carbons (Fsp3) is 0.241. The maximum atomic E-state index is 12.8. The summed E-state index contributed by atoms with van der Waals surface area (Å²) in [6, 6.07) is 18.7. The van der Waals surface area contributed by atoms with E-state index in [1.807, 2.05) is 48.5 Å². The molecule has 0 bridgehead atoms. The van der Waals surface area contributed by atoms with Crippen LogP contribution in [0.1, 0.15) is 46.3 Å². The van der Waals surface area contributed by atoms with Gasteiger partial charge in [-0.3, -0.25) is 4.79 Å². The van der Waals surface area contributed by atoms with E-state index < -0.39 is 5.97 Å². The van der Waals surface area contributed by atoms with Crippen molar-refractivity contribution >= 4 is 11.8 Å². The lowest BCUT2D eigenvalue weighted by atomic mass is 9.83. The second kappa shape index (κ2) is 9.77. The Morgan fingerprint density at radius 1 is 0.917 bits per heavy atom. The second-order valence-corrected chi connectivity index (χ2v) is 8.70. The smallest absolute Gasteiger partial charge is 0.337 e. The highest BCUT2D eigenvalue weighted by molar-refractivity contribution is 5.94. The molecular formula is C29H26O7. The molecule has 1 atom stereocenters. The number of methoxy groups -OCH3 is 2. The largest absolute Gasteiger partial charge is 0.497 e. The van der Waals surface area contributed by atoms with Gasteiger partial charge in [-0.2, -0.15) is 0 Å². The third-order valence-electron chi connectivity index (χ3n) is 6.54. The van der Waals surface area contributed by atoms with Crippen LogP contribution in [0.4, 0.5) is 0 Å². The van der Waals surface area contributed by atoms with Crippen molar-refractivity contribution in [2.24, 2.45) is 0 Å². The van der Waals surface area contributed by atoms with E-state index in [0.717, 1.165) is 22.4 Å². The maximum Gasteiger partial charge on any atom is 0.337 e. The van der Waals surface area contributed by atoms with Crippen LogP contribution in [0.5, 0.6) is 23.0 Å². The van der Waals surface area contributed by atoms with Gasteiger partial charge in [0.05, 0.1) is 19.8 Å². The van der Waals surface area contributed by atoms with Crippen LogP contribution in [-0.2, 0) is 16.0 Å². The molecule has 36 heavy (non-hydrogen) atoms. The Morgan fingerprint density at radius 2 is 1.61 bits per heavy atom. The summed E-state index contributed by atoms with van der Waals surface area (Å²) in [7, 11) is 2.98. The van der Waals surface area contributed by atoms with E-state index in [0.29, 0.717) is 47.0 Å². The summed E-state index contributed by atoms with van der Waals surface area (Å²) in [4.78, 5) is 24.6. The van der Waals surface area contributed by atoms with Gasteiger partial charge in [0.15, 0.2) is 17.3 Å². The molecule has 7 nitrogen and oxygen atoms in total. The fourth-order valence-electron chi connectivity index (χ4n) is 4.59. The minimum Gasteiger partial charge on any atom is -0.497 e. The standard InChI is InChI=1S/C29H26O7/c1-17(30)22(12-18-4-6-20(7-5-18)29(31)33-3)25-13-23(19-8-10-21(32-2)11-9-19)24-14-27-28(35-16-34-27)15-26(24)36-25/h4-11,14-15,23H,12-13,16H2,1-3H3/b25-22+/t23-/m0/s1. The van der Waals surface area contributed by atoms with E-state index >= 15 is 0 Å². The highest BCUT2D eigenvalue weighted by Crippen LogP contribution is 2.48. The predicted molar refractivity (Wildman–Crippen MR) is 132 cm³/mol. The Hall–Kier alpha value is -4.26. The summed E-state index contributed by atoms with van der Waals surface area (Å²) < 4.78 is 27.6. The van der Waals surface area contributed by atoms with Gasteiger partial charge in [0.1, 0.15) is 17.3 Å². The number of carbonyl (C=O) groups excluding carboxylic acids is 2. The van der Waals surface area contributed by atoms with E-state index in [1.165, 1.54) is 7.11 Å². The molecule has 2 heterocycles. The predicted octanol–water partition coefficient (Wildman–Crippen LogP) is 5.21. The molecule has 0 fully saturated rings. The number of rotatable bonds is 6. The topological polar surface area (TPSA) is 80.3 Å². The SMILES string of the molecule is COC(=O)c1ccc(C/C(C(C)=O)=C2/C[C@@H](c3ccc(OC)cc3)c3cc4c(cc3O2)OCO4)cc1. The van der Waals surface area contributed by atoms with Crippen molar-refractivity contribution in [3.63, 3.8) is 0 Å². The summed E-state index contributed by atoms with van der Waals surface area (Å²) in [6.45, 7) is 1.71. The summed E-state index contributed by atoms with van der Waals surface area (Å²) in [6.07, 6.45) is 0.884. The van der Waals surface area contributed by atoms with Crippen LogP contribution in [-0.4, -0.2) is 32.8 Å². The number of Topliss-reactive ketones (excluding diaryl/α,β-unsaturated/α-hetero) is 1. The summed E-state index contributed by atoms with van der Waals surface area (Å²) in [5, 5.41) is 0. The summed E-state index contributed by atoms with van der Waals surface area (Å²) >= 11 is 0. The van der Waals surface area contributed by atoms with Gasteiger partial charge >= 0.3 is 5.97 Å². The van der Waals surface area contributed by atoms with Crippen molar-refractivity contribution in [2.75, 3.05) is 21.0 Å². The molecule has 3 aromatic carbocycles. The van der Waals surface area contributed by atoms with E-state index in [-0.39, 0.29) is 18.5 Å². The number of ketones is 1. The number of hydrogen-bond acceptors (Lipinski definition) is 7. The van der Waals surface area contributed by atoms with Gasteiger partial charge in [0, 0.05) is 36.0 Å². The quantitative estimate of drug-likeness (QED) is 0.349. The molecule has 0 amide bonds. The van der Waals surface area contributed by atoms with Gasteiger partial charge in [-0.05, 0) is 48.4 Å². The fourth-order valence-corrected chi connectivity index (χ4v) is 4.59. The van der Waals surface area contributed by atoms with E-state index in [9.17, 15) is 9.59 Å². The Kier molecular flexibility index (Phi) is 6.38. The molecule has 0 spiro atoms. The minimum atomic E-state index is -0.403. The van der Waals surface area contributed by atoms with Crippen LogP contribution in [0, 0.1) is 0 Å². The molecule has 7 heteroatoms. The number of fused-ring (bicyclic) bond motifs is 2. The zero-order valence-corrected chi connectivity index (χ0v) is 20.3. The molecule has 0 unspecified atom stereocenters. The first-order valence-electron chi connectivity index (χ1n) is 11.6. The molecule has 184 valence electrons. The van der Waals surface area contributed by atoms with E-state index in [2.05, 4.69) is 0 Å². The number of ether oxygens (including phenoxy) is 5. The number of carbonyl (C=O) groups is 2. The van der Waals surface area contributed by atoms with Crippen LogP contribution < -0.4 is 18.9 Å². The monoisotopic (exact) mass is 486 g/mol. The molecule has 3 aromatic rings. The number of hydrogen-bond donors (Lipinski definition) is 0. The summed E-state index contributed by atoms with van der Waals surface area (Å²) in [5.74, 6) is 2.80. The first-order chi connectivity index (χ1) is 17.5. The summed E-state index contributed by atoms with van der Waals surface area (Å²) in [5.41, 5.74) is 3.97. The second-order valence-electron chi connectivity index (χ2n) is 8.70. The minimum absolute atomic E-state index is 0.0554. The van der Waals surface area contributed by atoms with Gasteiger partial charge in [0.2, 0.25) is 6.79 Å². The Balaban J connectivity index is 1.55. The van der Waals surface area contributed by atoms with Crippen molar-refractivity contribution in [3.8, 4) is 23.0 Å². The number of benzene rings is 3. The van der Waals surface area contributed by atoms with Gasteiger partial charge in [0.25, 0.3) is 0 Å². The van der Waals surface area contributed by atoms with Crippen LogP contribution in [0.15, 0.2) is 72.0 Å². The van der Waals surface area contributed by atoms with Gasteiger partial charge in [-0.25, -0.2) is 4.79 Å². The average Bonchev–Trinajstić information content (AvgIpc) is 3.37. The van der Waals surface area contributed by atoms with Crippen LogP contribution in [0.3, 0.4) is 0 Å². The molecular weight excluding hydrogens is 460 g/mol. The number of allylic oxidation sites excluding steroid dienone is 2. The Morgan fingerprint density at radius 3 is 2.25 bits per heavy atom. The zero-order chi connectivity index (χ0) is 25.2. The lowest BCUT2D eigenvalue weighted by molar-refractivity contribution is -0.113. The normalized spacial score (nSPS) is 17.0. The number of esters is 1. The van der Waals surface area contributed by atoms with Gasteiger partial charge in [-0.1, -0.05) is 24.3 Å². The molecule has 0 saturated heterocycles. The highest BCUT2D eigenvalue weighted by Gasteiger charge is 2.32.